The zero-order valence-corrected chi connectivity index (χ0v) is 8.98. The number of carbonyl (C=O) groups is 1. The molecule has 0 radical (unpaired) electrons. The number of aliphatic carboxylic acids is 1. The maximum Gasteiger partial charge on any atom is 0.327 e. The van der Waals surface area contributed by atoms with Gasteiger partial charge in [0.05, 0.1) is 0 Å². The zero-order chi connectivity index (χ0) is 10.5. The molecule has 4 rings (SSSR count). The van der Waals surface area contributed by atoms with Crippen molar-refractivity contribution in [3.63, 3.8) is 0 Å². The summed E-state index contributed by atoms with van der Waals surface area (Å²) in [6, 6.07) is 0. The predicted octanol–water partition coefficient (Wildman–Crippen LogP) is 2.84. The van der Waals surface area contributed by atoms with Gasteiger partial charge < -0.3 is 5.11 Å². The monoisotopic (exact) mass is 206 g/mol. The minimum Gasteiger partial charge on any atom is -0.478 e. The number of allylic oxidation sites excluding steroid dienone is 1. The Labute approximate surface area is 90.4 Å². The first-order chi connectivity index (χ1) is 7.15. The van der Waals surface area contributed by atoms with Crippen LogP contribution in [-0.2, 0) is 4.79 Å². The van der Waals surface area contributed by atoms with Gasteiger partial charge in [0, 0.05) is 6.08 Å². The molecule has 1 N–H and O–H groups in total. The molecular formula is C13H18O2. The second-order valence-corrected chi connectivity index (χ2v) is 5.95. The molecule has 0 amide bonds. The van der Waals surface area contributed by atoms with Crippen LogP contribution in [0.3, 0.4) is 0 Å². The van der Waals surface area contributed by atoms with E-state index in [-0.39, 0.29) is 5.41 Å². The summed E-state index contributed by atoms with van der Waals surface area (Å²) in [5, 5.41) is 8.73. The third-order valence-corrected chi connectivity index (χ3v) is 4.67. The van der Waals surface area contributed by atoms with Gasteiger partial charge in [-0.1, -0.05) is 6.08 Å². The van der Waals surface area contributed by atoms with E-state index in [1.165, 1.54) is 44.6 Å². The van der Waals surface area contributed by atoms with E-state index in [1.54, 1.807) is 0 Å². The standard InChI is InChI=1S/C13H18O2/c14-12(15)1-2-13-6-9-3-10(7-13)5-11(4-9)8-13/h1-2,9-11H,3-8H2,(H,14,15)/b2-1+. The molecule has 0 aromatic carbocycles. The predicted molar refractivity (Wildman–Crippen MR) is 57.4 cm³/mol. The highest BCUT2D eigenvalue weighted by atomic mass is 16.4. The van der Waals surface area contributed by atoms with Crippen molar-refractivity contribution in [3.05, 3.63) is 12.2 Å². The largest absolute Gasteiger partial charge is 0.478 e. The van der Waals surface area contributed by atoms with Gasteiger partial charge in [0.25, 0.3) is 0 Å². The SMILES string of the molecule is O=C(O)/C=C/C12CC3CC(CC(C3)C1)C2. The van der Waals surface area contributed by atoms with Gasteiger partial charge in [0.1, 0.15) is 0 Å². The second kappa shape index (κ2) is 3.10. The summed E-state index contributed by atoms with van der Waals surface area (Å²) in [4.78, 5) is 10.6. The Morgan fingerprint density at radius 3 is 1.93 bits per heavy atom. The molecule has 0 unspecified atom stereocenters. The summed E-state index contributed by atoms with van der Waals surface area (Å²) in [6.07, 6.45) is 11.4. The van der Waals surface area contributed by atoms with Crippen LogP contribution < -0.4 is 0 Å². The van der Waals surface area contributed by atoms with E-state index in [9.17, 15) is 4.79 Å². The third kappa shape index (κ3) is 1.60. The van der Waals surface area contributed by atoms with Gasteiger partial charge in [-0.2, -0.15) is 0 Å². The Morgan fingerprint density at radius 1 is 1.07 bits per heavy atom. The van der Waals surface area contributed by atoms with E-state index >= 15 is 0 Å². The maximum atomic E-state index is 10.6. The number of carboxylic acid groups (broad SMARTS) is 1. The molecule has 4 bridgehead atoms. The topological polar surface area (TPSA) is 37.3 Å². The van der Waals surface area contributed by atoms with E-state index in [2.05, 4.69) is 0 Å². The first-order valence-corrected chi connectivity index (χ1v) is 6.07. The van der Waals surface area contributed by atoms with Crippen LogP contribution in [-0.4, -0.2) is 11.1 Å². The van der Waals surface area contributed by atoms with Crippen LogP contribution in [0.1, 0.15) is 38.5 Å². The first kappa shape index (κ1) is 9.44. The second-order valence-electron chi connectivity index (χ2n) is 5.95. The van der Waals surface area contributed by atoms with E-state index in [0.29, 0.717) is 0 Å². The fourth-order valence-electron chi connectivity index (χ4n) is 4.63. The number of hydrogen-bond donors (Lipinski definition) is 1. The van der Waals surface area contributed by atoms with Gasteiger partial charge in [0.15, 0.2) is 0 Å². The summed E-state index contributed by atoms with van der Waals surface area (Å²) in [5.41, 5.74) is 0.271. The molecular weight excluding hydrogens is 188 g/mol. The summed E-state index contributed by atoms with van der Waals surface area (Å²) < 4.78 is 0. The molecule has 0 saturated heterocycles. The van der Waals surface area contributed by atoms with Crippen molar-refractivity contribution in [1.29, 1.82) is 0 Å². The minimum atomic E-state index is -0.786. The molecule has 0 heterocycles. The van der Waals surface area contributed by atoms with Crippen molar-refractivity contribution in [1.82, 2.24) is 0 Å². The average Bonchev–Trinajstić information content (AvgIpc) is 2.12. The average molecular weight is 206 g/mol. The number of carboxylic acids is 1. The highest BCUT2D eigenvalue weighted by Crippen LogP contribution is 2.60. The molecule has 0 aromatic rings. The fraction of sp³-hybridized carbons (Fsp3) is 0.769. The highest BCUT2D eigenvalue weighted by Gasteiger charge is 2.49. The van der Waals surface area contributed by atoms with Gasteiger partial charge in [0.2, 0.25) is 0 Å². The van der Waals surface area contributed by atoms with E-state index in [1.807, 2.05) is 6.08 Å². The highest BCUT2D eigenvalue weighted by molar-refractivity contribution is 5.79. The molecule has 82 valence electrons. The fourth-order valence-corrected chi connectivity index (χ4v) is 4.63. The van der Waals surface area contributed by atoms with Gasteiger partial charge in [-0.05, 0) is 61.7 Å². The Kier molecular flexibility index (Phi) is 1.95. The molecule has 4 fully saturated rings. The number of hydrogen-bond acceptors (Lipinski definition) is 1. The molecule has 4 aliphatic carbocycles. The third-order valence-electron chi connectivity index (χ3n) is 4.67. The van der Waals surface area contributed by atoms with Crippen molar-refractivity contribution in [2.24, 2.45) is 23.2 Å². The van der Waals surface area contributed by atoms with Crippen LogP contribution in [0, 0.1) is 23.2 Å². The van der Waals surface area contributed by atoms with Crippen molar-refractivity contribution in [2.75, 3.05) is 0 Å². The van der Waals surface area contributed by atoms with Gasteiger partial charge in [-0.25, -0.2) is 4.79 Å². The van der Waals surface area contributed by atoms with Crippen LogP contribution in [0.4, 0.5) is 0 Å². The van der Waals surface area contributed by atoms with Crippen LogP contribution >= 0.6 is 0 Å². The molecule has 4 aliphatic rings. The Morgan fingerprint density at radius 2 is 1.53 bits per heavy atom. The lowest BCUT2D eigenvalue weighted by atomic mass is 9.49. The summed E-state index contributed by atoms with van der Waals surface area (Å²) in [6.45, 7) is 0. The first-order valence-electron chi connectivity index (χ1n) is 6.07. The van der Waals surface area contributed by atoms with Crippen molar-refractivity contribution >= 4 is 5.97 Å². The van der Waals surface area contributed by atoms with Crippen LogP contribution in [0.25, 0.3) is 0 Å². The number of rotatable bonds is 2. The molecule has 4 saturated carbocycles. The van der Waals surface area contributed by atoms with E-state index in [4.69, 9.17) is 5.11 Å². The molecule has 0 spiro atoms. The molecule has 0 atom stereocenters. The summed E-state index contributed by atoms with van der Waals surface area (Å²) in [7, 11) is 0. The molecule has 2 heteroatoms. The van der Waals surface area contributed by atoms with Crippen molar-refractivity contribution in [3.8, 4) is 0 Å². The summed E-state index contributed by atoms with van der Waals surface area (Å²) >= 11 is 0. The van der Waals surface area contributed by atoms with Gasteiger partial charge in [-0.15, -0.1) is 0 Å². The van der Waals surface area contributed by atoms with Crippen LogP contribution in [0.15, 0.2) is 12.2 Å². The lowest BCUT2D eigenvalue weighted by Crippen LogP contribution is -2.45. The lowest BCUT2D eigenvalue weighted by molar-refractivity contribution is -0.131. The quantitative estimate of drug-likeness (QED) is 0.705. The van der Waals surface area contributed by atoms with E-state index < -0.39 is 5.97 Å². The molecule has 2 nitrogen and oxygen atoms in total. The van der Waals surface area contributed by atoms with Crippen molar-refractivity contribution < 1.29 is 9.90 Å². The Bertz CT molecular complexity index is 281. The minimum absolute atomic E-state index is 0.271. The zero-order valence-electron chi connectivity index (χ0n) is 8.98. The van der Waals surface area contributed by atoms with Gasteiger partial charge in [-0.3, -0.25) is 0 Å². The van der Waals surface area contributed by atoms with Gasteiger partial charge >= 0.3 is 5.97 Å². The molecule has 0 aromatic heterocycles. The van der Waals surface area contributed by atoms with Crippen LogP contribution in [0.5, 0.6) is 0 Å². The molecule has 15 heavy (non-hydrogen) atoms. The summed E-state index contributed by atoms with van der Waals surface area (Å²) in [5.74, 6) is 1.91. The van der Waals surface area contributed by atoms with E-state index in [0.717, 1.165) is 17.8 Å². The van der Waals surface area contributed by atoms with Crippen molar-refractivity contribution in [2.45, 2.75) is 38.5 Å². The van der Waals surface area contributed by atoms with Crippen LogP contribution in [0.2, 0.25) is 0 Å². The Hall–Kier alpha value is -0.790. The Balaban J connectivity index is 1.84. The normalized spacial score (nSPS) is 47.6. The molecule has 0 aliphatic heterocycles. The smallest absolute Gasteiger partial charge is 0.327 e. The lowest BCUT2D eigenvalue weighted by Gasteiger charge is -2.55. The maximum absolute atomic E-state index is 10.6.